The van der Waals surface area contributed by atoms with Crippen LogP contribution in [0.1, 0.15) is 19.5 Å². The maximum absolute atomic E-state index is 10.9. The van der Waals surface area contributed by atoms with Crippen LogP contribution in [0.15, 0.2) is 36.5 Å². The SMILES string of the molecule is CC(C)(c1cn(-c2ccccc2)nn1)C(O)C(=O)O. The Bertz CT molecular complexity index is 578. The number of aromatic nitrogens is 3. The first-order valence-corrected chi connectivity index (χ1v) is 5.82. The lowest BCUT2D eigenvalue weighted by Crippen LogP contribution is -2.40. The van der Waals surface area contributed by atoms with Crippen molar-refractivity contribution in [2.75, 3.05) is 0 Å². The predicted molar refractivity (Wildman–Crippen MR) is 68.0 cm³/mol. The molecule has 0 saturated carbocycles. The summed E-state index contributed by atoms with van der Waals surface area (Å²) in [5.74, 6) is -1.28. The van der Waals surface area contributed by atoms with Gasteiger partial charge in [0.05, 0.1) is 17.6 Å². The molecule has 2 rings (SSSR count). The smallest absolute Gasteiger partial charge is 0.333 e. The highest BCUT2D eigenvalue weighted by Crippen LogP contribution is 2.25. The van der Waals surface area contributed by atoms with E-state index < -0.39 is 17.5 Å². The number of aliphatic hydroxyl groups excluding tert-OH is 1. The second-order valence-corrected chi connectivity index (χ2v) is 4.85. The number of carboxylic acid groups (broad SMARTS) is 1. The fourth-order valence-corrected chi connectivity index (χ4v) is 1.71. The Morgan fingerprint density at radius 2 is 1.95 bits per heavy atom. The number of carboxylic acids is 1. The summed E-state index contributed by atoms with van der Waals surface area (Å²) in [6.07, 6.45) is 0.0926. The van der Waals surface area contributed by atoms with Crippen LogP contribution in [0.5, 0.6) is 0 Å². The molecule has 0 aliphatic heterocycles. The minimum atomic E-state index is -1.53. The van der Waals surface area contributed by atoms with Gasteiger partial charge < -0.3 is 10.2 Å². The lowest BCUT2D eigenvalue weighted by molar-refractivity contribution is -0.150. The largest absolute Gasteiger partial charge is 0.479 e. The fraction of sp³-hybridized carbons (Fsp3) is 0.308. The average Bonchev–Trinajstić information content (AvgIpc) is 2.89. The molecule has 0 bridgehead atoms. The molecule has 19 heavy (non-hydrogen) atoms. The molecule has 0 spiro atoms. The van der Waals surface area contributed by atoms with Crippen LogP contribution in [0, 0.1) is 0 Å². The van der Waals surface area contributed by atoms with Gasteiger partial charge in [-0.25, -0.2) is 9.48 Å². The highest BCUT2D eigenvalue weighted by molar-refractivity contribution is 5.74. The van der Waals surface area contributed by atoms with E-state index in [1.54, 1.807) is 24.7 Å². The minimum absolute atomic E-state index is 0.422. The molecule has 2 aromatic rings. The molecule has 0 aliphatic carbocycles. The summed E-state index contributed by atoms with van der Waals surface area (Å²) >= 11 is 0. The van der Waals surface area contributed by atoms with Crippen molar-refractivity contribution in [3.8, 4) is 5.69 Å². The van der Waals surface area contributed by atoms with Crippen molar-refractivity contribution in [3.63, 3.8) is 0 Å². The van der Waals surface area contributed by atoms with E-state index in [4.69, 9.17) is 5.11 Å². The van der Waals surface area contributed by atoms with Crippen molar-refractivity contribution in [2.24, 2.45) is 0 Å². The molecule has 0 fully saturated rings. The average molecular weight is 261 g/mol. The molecule has 100 valence electrons. The van der Waals surface area contributed by atoms with Crippen molar-refractivity contribution in [2.45, 2.75) is 25.4 Å². The van der Waals surface area contributed by atoms with Gasteiger partial charge >= 0.3 is 5.97 Å². The third-order valence-corrected chi connectivity index (χ3v) is 3.09. The topological polar surface area (TPSA) is 88.2 Å². The quantitative estimate of drug-likeness (QED) is 0.856. The van der Waals surface area contributed by atoms with Crippen LogP contribution in [0.25, 0.3) is 5.69 Å². The van der Waals surface area contributed by atoms with E-state index >= 15 is 0 Å². The van der Waals surface area contributed by atoms with E-state index in [-0.39, 0.29) is 0 Å². The summed E-state index contributed by atoms with van der Waals surface area (Å²) in [7, 11) is 0. The second-order valence-electron chi connectivity index (χ2n) is 4.85. The molecule has 0 radical (unpaired) electrons. The fourth-order valence-electron chi connectivity index (χ4n) is 1.71. The van der Waals surface area contributed by atoms with Crippen molar-refractivity contribution >= 4 is 5.97 Å². The third kappa shape index (κ3) is 2.48. The maximum atomic E-state index is 10.9. The number of nitrogens with zero attached hydrogens (tertiary/aromatic N) is 3. The van der Waals surface area contributed by atoms with Crippen LogP contribution in [0.2, 0.25) is 0 Å². The molecule has 6 nitrogen and oxygen atoms in total. The van der Waals surface area contributed by atoms with Crippen molar-refractivity contribution in [3.05, 3.63) is 42.2 Å². The van der Waals surface area contributed by atoms with Crippen molar-refractivity contribution in [1.29, 1.82) is 0 Å². The molecule has 1 unspecified atom stereocenters. The van der Waals surface area contributed by atoms with Gasteiger partial charge in [0, 0.05) is 5.41 Å². The minimum Gasteiger partial charge on any atom is -0.479 e. The Morgan fingerprint density at radius 1 is 1.32 bits per heavy atom. The van der Waals surface area contributed by atoms with E-state index in [9.17, 15) is 9.90 Å². The standard InChI is InChI=1S/C13H15N3O3/c1-13(2,11(17)12(18)19)10-8-16(15-14-10)9-6-4-3-5-7-9/h3-8,11,17H,1-2H3,(H,18,19). The number of carbonyl (C=O) groups is 1. The Balaban J connectivity index is 2.34. The molecule has 1 aromatic heterocycles. The van der Waals surface area contributed by atoms with E-state index in [0.29, 0.717) is 5.69 Å². The summed E-state index contributed by atoms with van der Waals surface area (Å²) in [6, 6.07) is 9.35. The van der Waals surface area contributed by atoms with Gasteiger partial charge in [0.15, 0.2) is 6.10 Å². The molecule has 0 aliphatic rings. The van der Waals surface area contributed by atoms with Gasteiger partial charge in [-0.1, -0.05) is 37.3 Å². The molecule has 0 amide bonds. The lowest BCUT2D eigenvalue weighted by Gasteiger charge is -2.24. The molecule has 1 atom stereocenters. The third-order valence-electron chi connectivity index (χ3n) is 3.09. The second kappa shape index (κ2) is 4.81. The zero-order chi connectivity index (χ0) is 14.0. The summed E-state index contributed by atoms with van der Waals surface area (Å²) in [4.78, 5) is 10.9. The molecule has 0 saturated heterocycles. The van der Waals surface area contributed by atoms with E-state index in [0.717, 1.165) is 5.69 Å². The molecule has 1 heterocycles. The molecular weight excluding hydrogens is 246 g/mol. The first-order valence-electron chi connectivity index (χ1n) is 5.82. The van der Waals surface area contributed by atoms with Gasteiger partial charge in [-0.3, -0.25) is 0 Å². The summed E-state index contributed by atoms with van der Waals surface area (Å²) < 4.78 is 1.55. The predicted octanol–water partition coefficient (Wildman–Crippen LogP) is 0.990. The van der Waals surface area contributed by atoms with Crippen molar-refractivity contribution < 1.29 is 15.0 Å². The Hall–Kier alpha value is -2.21. The van der Waals surface area contributed by atoms with Gasteiger partial charge in [0.1, 0.15) is 0 Å². The van der Waals surface area contributed by atoms with Crippen LogP contribution < -0.4 is 0 Å². The van der Waals surface area contributed by atoms with Crippen LogP contribution >= 0.6 is 0 Å². The summed E-state index contributed by atoms with van der Waals surface area (Å²) in [5, 5.41) is 26.5. The van der Waals surface area contributed by atoms with Gasteiger partial charge in [-0.2, -0.15) is 0 Å². The molecular formula is C13H15N3O3. The van der Waals surface area contributed by atoms with Crippen molar-refractivity contribution in [1.82, 2.24) is 15.0 Å². The van der Waals surface area contributed by atoms with E-state index in [1.807, 2.05) is 30.3 Å². The first-order chi connectivity index (χ1) is 8.93. The number of rotatable bonds is 4. The molecule has 2 N–H and O–H groups in total. The van der Waals surface area contributed by atoms with Crippen LogP contribution in [-0.4, -0.2) is 37.3 Å². The summed E-state index contributed by atoms with van der Waals surface area (Å²) in [6.45, 7) is 3.23. The number of benzene rings is 1. The maximum Gasteiger partial charge on any atom is 0.333 e. The number of hydrogen-bond acceptors (Lipinski definition) is 4. The zero-order valence-electron chi connectivity index (χ0n) is 10.7. The summed E-state index contributed by atoms with van der Waals surface area (Å²) in [5.41, 5.74) is 0.229. The van der Waals surface area contributed by atoms with Gasteiger partial charge in [0.2, 0.25) is 0 Å². The van der Waals surface area contributed by atoms with Gasteiger partial charge in [-0.05, 0) is 12.1 Å². The Kier molecular flexibility index (Phi) is 3.35. The first kappa shape index (κ1) is 13.2. The Morgan fingerprint density at radius 3 is 2.53 bits per heavy atom. The number of aliphatic carboxylic acids is 1. The van der Waals surface area contributed by atoms with Gasteiger partial charge in [-0.15, -0.1) is 5.10 Å². The van der Waals surface area contributed by atoms with Crippen LogP contribution in [0.4, 0.5) is 0 Å². The van der Waals surface area contributed by atoms with E-state index in [2.05, 4.69) is 10.3 Å². The monoisotopic (exact) mass is 261 g/mol. The molecule has 1 aromatic carbocycles. The molecule has 6 heteroatoms. The highest BCUT2D eigenvalue weighted by Gasteiger charge is 2.37. The highest BCUT2D eigenvalue weighted by atomic mass is 16.4. The Labute approximate surface area is 110 Å². The van der Waals surface area contributed by atoms with Crippen LogP contribution in [-0.2, 0) is 10.2 Å². The lowest BCUT2D eigenvalue weighted by atomic mass is 9.83. The number of hydrogen-bond donors (Lipinski definition) is 2. The van der Waals surface area contributed by atoms with Gasteiger partial charge in [0.25, 0.3) is 0 Å². The van der Waals surface area contributed by atoms with Crippen LogP contribution in [0.3, 0.4) is 0 Å². The van der Waals surface area contributed by atoms with E-state index in [1.165, 1.54) is 0 Å². The number of aliphatic hydroxyl groups is 1. The normalized spacial score (nSPS) is 13.2. The zero-order valence-corrected chi connectivity index (χ0v) is 10.7. The number of para-hydroxylation sites is 1.